The lowest BCUT2D eigenvalue weighted by Gasteiger charge is -2.36. The summed E-state index contributed by atoms with van der Waals surface area (Å²) in [5.41, 5.74) is 1.70. The van der Waals surface area contributed by atoms with Gasteiger partial charge in [-0.05, 0) is 30.0 Å². The van der Waals surface area contributed by atoms with Crippen molar-refractivity contribution in [2.24, 2.45) is 5.92 Å². The van der Waals surface area contributed by atoms with Gasteiger partial charge in [0.2, 0.25) is 0 Å². The van der Waals surface area contributed by atoms with Crippen LogP contribution < -0.4 is 5.32 Å². The molecule has 0 bridgehead atoms. The Morgan fingerprint density at radius 3 is 2.82 bits per heavy atom. The number of carbonyl (C=O) groups is 1. The van der Waals surface area contributed by atoms with Gasteiger partial charge in [0.15, 0.2) is 0 Å². The molecule has 1 aromatic carbocycles. The van der Waals surface area contributed by atoms with Crippen LogP contribution in [0.3, 0.4) is 0 Å². The zero-order valence-electron chi connectivity index (χ0n) is 13.2. The van der Waals surface area contributed by atoms with Gasteiger partial charge in [-0.1, -0.05) is 26.0 Å². The number of nitrogens with one attached hydrogen (secondary N) is 1. The van der Waals surface area contributed by atoms with E-state index in [9.17, 15) is 4.79 Å². The van der Waals surface area contributed by atoms with E-state index in [1.54, 1.807) is 0 Å². The minimum absolute atomic E-state index is 0.0815. The Bertz CT molecular complexity index is 534. The second-order valence-electron chi connectivity index (χ2n) is 6.01. The number of urea groups is 1. The number of amides is 2. The van der Waals surface area contributed by atoms with Gasteiger partial charge in [-0.2, -0.15) is 5.26 Å². The number of anilines is 1. The van der Waals surface area contributed by atoms with Gasteiger partial charge in [-0.3, -0.25) is 0 Å². The first-order valence-corrected chi connectivity index (χ1v) is 7.71. The van der Waals surface area contributed by atoms with Crippen LogP contribution in [0.25, 0.3) is 0 Å². The molecule has 2 amide bonds. The topological polar surface area (TPSA) is 65.4 Å². The number of benzene rings is 1. The highest BCUT2D eigenvalue weighted by Crippen LogP contribution is 2.18. The second kappa shape index (κ2) is 7.81. The average Bonchev–Trinajstić information content (AvgIpc) is 2.49. The number of ether oxygens (including phenoxy) is 1. The Hall–Kier alpha value is -2.06. The van der Waals surface area contributed by atoms with Crippen LogP contribution in [0.15, 0.2) is 24.3 Å². The van der Waals surface area contributed by atoms with Crippen molar-refractivity contribution in [3.63, 3.8) is 0 Å². The molecule has 1 N–H and O–H groups in total. The standard InChI is InChI=1S/C17H23N3O2/c1-13(2)11-16-12-22-10-9-20(16)17(21)19-15-5-3-14(4-6-15)7-8-18/h3-6,13,16H,7,9-12H2,1-2H3,(H,19,21)/t16-/m0/s1. The summed E-state index contributed by atoms with van der Waals surface area (Å²) in [6, 6.07) is 9.56. The summed E-state index contributed by atoms with van der Waals surface area (Å²) in [5, 5.41) is 11.6. The Morgan fingerprint density at radius 2 is 2.18 bits per heavy atom. The van der Waals surface area contributed by atoms with Crippen LogP contribution in [0.5, 0.6) is 0 Å². The Morgan fingerprint density at radius 1 is 1.45 bits per heavy atom. The normalized spacial score (nSPS) is 18.1. The third-order valence-electron chi connectivity index (χ3n) is 3.72. The van der Waals surface area contributed by atoms with Gasteiger partial charge in [0, 0.05) is 12.2 Å². The van der Waals surface area contributed by atoms with Crippen LogP contribution in [0.4, 0.5) is 10.5 Å². The summed E-state index contributed by atoms with van der Waals surface area (Å²) in [6.07, 6.45) is 1.32. The number of hydrogen-bond acceptors (Lipinski definition) is 3. The van der Waals surface area contributed by atoms with Crippen molar-refractivity contribution < 1.29 is 9.53 Å². The van der Waals surface area contributed by atoms with Gasteiger partial charge in [0.05, 0.1) is 31.7 Å². The third-order valence-corrected chi connectivity index (χ3v) is 3.72. The zero-order valence-corrected chi connectivity index (χ0v) is 13.2. The maximum atomic E-state index is 12.5. The number of hydrogen-bond donors (Lipinski definition) is 1. The molecule has 0 saturated carbocycles. The molecule has 2 rings (SSSR count). The van der Waals surface area contributed by atoms with E-state index in [1.807, 2.05) is 29.2 Å². The summed E-state index contributed by atoms with van der Waals surface area (Å²) in [7, 11) is 0. The zero-order chi connectivity index (χ0) is 15.9. The number of nitriles is 1. The first-order valence-electron chi connectivity index (χ1n) is 7.71. The molecule has 1 heterocycles. The molecule has 1 atom stereocenters. The fourth-order valence-electron chi connectivity index (χ4n) is 2.65. The molecule has 1 saturated heterocycles. The largest absolute Gasteiger partial charge is 0.377 e. The highest BCUT2D eigenvalue weighted by atomic mass is 16.5. The predicted octanol–water partition coefficient (Wildman–Crippen LogP) is 3.03. The molecule has 1 aliphatic rings. The highest BCUT2D eigenvalue weighted by molar-refractivity contribution is 5.89. The smallest absolute Gasteiger partial charge is 0.322 e. The van der Waals surface area contributed by atoms with Crippen molar-refractivity contribution >= 4 is 11.7 Å². The second-order valence-corrected chi connectivity index (χ2v) is 6.01. The van der Waals surface area contributed by atoms with E-state index < -0.39 is 0 Å². The lowest BCUT2D eigenvalue weighted by Crippen LogP contribution is -2.50. The van der Waals surface area contributed by atoms with Crippen LogP contribution in [0.2, 0.25) is 0 Å². The quantitative estimate of drug-likeness (QED) is 0.929. The van der Waals surface area contributed by atoms with Gasteiger partial charge in [0.25, 0.3) is 0 Å². The van der Waals surface area contributed by atoms with Crippen LogP contribution in [0.1, 0.15) is 25.8 Å². The molecule has 0 spiro atoms. The first-order chi connectivity index (χ1) is 10.6. The molecule has 5 nitrogen and oxygen atoms in total. The van der Waals surface area contributed by atoms with E-state index in [4.69, 9.17) is 10.00 Å². The Kier molecular flexibility index (Phi) is 5.79. The van der Waals surface area contributed by atoms with Crippen LogP contribution in [-0.4, -0.2) is 36.7 Å². The summed E-state index contributed by atoms with van der Waals surface area (Å²) < 4.78 is 5.50. The number of nitrogens with zero attached hydrogens (tertiary/aromatic N) is 2. The van der Waals surface area contributed by atoms with E-state index in [0.717, 1.165) is 17.7 Å². The molecule has 0 aliphatic carbocycles. The summed E-state index contributed by atoms with van der Waals surface area (Å²) in [5.74, 6) is 0.521. The molecule has 0 radical (unpaired) electrons. The summed E-state index contributed by atoms with van der Waals surface area (Å²) in [6.45, 7) is 6.11. The van der Waals surface area contributed by atoms with Crippen LogP contribution in [-0.2, 0) is 11.2 Å². The minimum Gasteiger partial charge on any atom is -0.377 e. The molecule has 1 aromatic rings. The van der Waals surface area contributed by atoms with Crippen molar-refractivity contribution in [1.29, 1.82) is 5.26 Å². The SMILES string of the molecule is CC(C)C[C@H]1COCCN1C(=O)Nc1ccc(CC#N)cc1. The monoisotopic (exact) mass is 301 g/mol. The van der Waals surface area contributed by atoms with E-state index in [0.29, 0.717) is 32.1 Å². The predicted molar refractivity (Wildman–Crippen MR) is 85.5 cm³/mol. The van der Waals surface area contributed by atoms with Crippen molar-refractivity contribution in [2.45, 2.75) is 32.7 Å². The summed E-state index contributed by atoms with van der Waals surface area (Å²) >= 11 is 0. The van der Waals surface area contributed by atoms with Crippen molar-refractivity contribution in [3.8, 4) is 6.07 Å². The summed E-state index contributed by atoms with van der Waals surface area (Å²) in [4.78, 5) is 14.3. The van der Waals surface area contributed by atoms with Gasteiger partial charge >= 0.3 is 6.03 Å². The van der Waals surface area contributed by atoms with Gasteiger partial charge in [0.1, 0.15) is 0 Å². The fraction of sp³-hybridized carbons (Fsp3) is 0.529. The van der Waals surface area contributed by atoms with E-state index in [-0.39, 0.29) is 12.1 Å². The average molecular weight is 301 g/mol. The van der Waals surface area contributed by atoms with E-state index in [2.05, 4.69) is 25.2 Å². The number of rotatable bonds is 4. The minimum atomic E-state index is -0.0815. The molecule has 1 fully saturated rings. The molecule has 1 aliphatic heterocycles. The maximum Gasteiger partial charge on any atom is 0.322 e. The molecule has 5 heteroatoms. The molecule has 22 heavy (non-hydrogen) atoms. The van der Waals surface area contributed by atoms with Crippen LogP contribution in [0, 0.1) is 17.2 Å². The third kappa shape index (κ3) is 4.47. The lowest BCUT2D eigenvalue weighted by atomic mass is 10.0. The van der Waals surface area contributed by atoms with Gasteiger partial charge < -0.3 is 15.0 Å². The van der Waals surface area contributed by atoms with Crippen LogP contribution >= 0.6 is 0 Å². The van der Waals surface area contributed by atoms with Gasteiger partial charge in [-0.25, -0.2) is 4.79 Å². The molecular weight excluding hydrogens is 278 g/mol. The van der Waals surface area contributed by atoms with Crippen molar-refractivity contribution in [1.82, 2.24) is 4.90 Å². The molecule has 0 unspecified atom stereocenters. The van der Waals surface area contributed by atoms with E-state index >= 15 is 0 Å². The Balaban J connectivity index is 1.98. The Labute approximate surface area is 131 Å². The fourth-order valence-corrected chi connectivity index (χ4v) is 2.65. The van der Waals surface area contributed by atoms with E-state index in [1.165, 1.54) is 0 Å². The molecule has 0 aromatic heterocycles. The molecule has 118 valence electrons. The van der Waals surface area contributed by atoms with Crippen molar-refractivity contribution in [2.75, 3.05) is 25.1 Å². The first kappa shape index (κ1) is 16.3. The van der Waals surface area contributed by atoms with Crippen molar-refractivity contribution in [3.05, 3.63) is 29.8 Å². The number of carbonyl (C=O) groups excluding carboxylic acids is 1. The number of morpholine rings is 1. The lowest BCUT2D eigenvalue weighted by molar-refractivity contribution is 0.00857. The molecular formula is C17H23N3O2. The highest BCUT2D eigenvalue weighted by Gasteiger charge is 2.27. The maximum absolute atomic E-state index is 12.5. The van der Waals surface area contributed by atoms with Gasteiger partial charge in [-0.15, -0.1) is 0 Å².